The van der Waals surface area contributed by atoms with E-state index in [-0.39, 0.29) is 5.69 Å². The number of nitrogens with one attached hydrogen (secondary N) is 2. The van der Waals surface area contributed by atoms with Crippen molar-refractivity contribution >= 4 is 28.3 Å². The molecule has 4 rings (SSSR count). The summed E-state index contributed by atoms with van der Waals surface area (Å²) in [6.45, 7) is 4.70. The minimum absolute atomic E-state index is 0.162. The van der Waals surface area contributed by atoms with Gasteiger partial charge in [-0.05, 0) is 25.1 Å². The van der Waals surface area contributed by atoms with E-state index in [4.69, 9.17) is 0 Å². The fourth-order valence-electron chi connectivity index (χ4n) is 3.21. The first-order valence-corrected chi connectivity index (χ1v) is 8.77. The number of amides is 1. The number of piperazine rings is 1. The maximum atomic E-state index is 13.8. The standard InChI is InChI=1S/C19H19FN6O/c1-12-9-21-5-6-26(12)17-11-23-16(10-24-17)19(27)25-15-8-14(20)7-13-3-2-4-22-18(13)15/h2-4,7-8,10-12,21H,5-6,9H2,1H3,(H,25,27). The van der Waals surface area contributed by atoms with Crippen molar-refractivity contribution in [2.45, 2.75) is 13.0 Å². The molecule has 3 heterocycles. The number of hydrogen-bond acceptors (Lipinski definition) is 6. The highest BCUT2D eigenvalue weighted by Crippen LogP contribution is 2.23. The Kier molecular flexibility index (Phi) is 4.64. The van der Waals surface area contributed by atoms with Gasteiger partial charge in [-0.2, -0.15) is 0 Å². The predicted octanol–water partition coefficient (Wildman–Crippen LogP) is 2.21. The highest BCUT2D eigenvalue weighted by atomic mass is 19.1. The summed E-state index contributed by atoms with van der Waals surface area (Å²) in [4.78, 5) is 27.5. The fraction of sp³-hybridized carbons (Fsp3) is 0.263. The molecule has 1 unspecified atom stereocenters. The van der Waals surface area contributed by atoms with Gasteiger partial charge in [-0.25, -0.2) is 14.4 Å². The van der Waals surface area contributed by atoms with Gasteiger partial charge in [-0.15, -0.1) is 0 Å². The van der Waals surface area contributed by atoms with Crippen LogP contribution < -0.4 is 15.5 Å². The van der Waals surface area contributed by atoms with Crippen LogP contribution in [0.4, 0.5) is 15.9 Å². The molecule has 1 amide bonds. The fourth-order valence-corrected chi connectivity index (χ4v) is 3.21. The molecule has 7 nitrogen and oxygen atoms in total. The van der Waals surface area contributed by atoms with Gasteiger partial charge in [0.2, 0.25) is 0 Å². The van der Waals surface area contributed by atoms with Crippen molar-refractivity contribution in [1.29, 1.82) is 0 Å². The molecule has 0 radical (unpaired) electrons. The van der Waals surface area contributed by atoms with E-state index in [1.165, 1.54) is 18.3 Å². The lowest BCUT2D eigenvalue weighted by Crippen LogP contribution is -2.50. The molecule has 1 atom stereocenters. The van der Waals surface area contributed by atoms with Gasteiger partial charge in [0.1, 0.15) is 17.3 Å². The Morgan fingerprint density at radius 3 is 2.96 bits per heavy atom. The zero-order chi connectivity index (χ0) is 18.8. The lowest BCUT2D eigenvalue weighted by atomic mass is 10.2. The van der Waals surface area contributed by atoms with Gasteiger partial charge in [-0.3, -0.25) is 9.78 Å². The third kappa shape index (κ3) is 3.56. The number of fused-ring (bicyclic) bond motifs is 1. The molecular weight excluding hydrogens is 347 g/mol. The number of benzene rings is 1. The Balaban J connectivity index is 1.55. The van der Waals surface area contributed by atoms with E-state index in [1.54, 1.807) is 24.5 Å². The van der Waals surface area contributed by atoms with E-state index in [0.29, 0.717) is 22.6 Å². The molecule has 138 valence electrons. The van der Waals surface area contributed by atoms with Crippen LogP contribution in [0.15, 0.2) is 42.9 Å². The molecule has 8 heteroatoms. The van der Waals surface area contributed by atoms with Crippen LogP contribution >= 0.6 is 0 Å². The van der Waals surface area contributed by atoms with Crippen molar-refractivity contribution in [3.63, 3.8) is 0 Å². The molecule has 3 aromatic rings. The molecule has 0 aliphatic carbocycles. The number of aromatic nitrogens is 3. The quantitative estimate of drug-likeness (QED) is 0.740. The number of nitrogens with zero attached hydrogens (tertiary/aromatic N) is 4. The summed E-state index contributed by atoms with van der Waals surface area (Å²) in [5.74, 6) is -0.168. The van der Waals surface area contributed by atoms with Gasteiger partial charge < -0.3 is 15.5 Å². The normalized spacial score (nSPS) is 17.1. The summed E-state index contributed by atoms with van der Waals surface area (Å²) in [5.41, 5.74) is 0.985. The predicted molar refractivity (Wildman–Crippen MR) is 101 cm³/mol. The van der Waals surface area contributed by atoms with E-state index in [0.717, 1.165) is 25.5 Å². The van der Waals surface area contributed by atoms with Gasteiger partial charge in [0, 0.05) is 37.3 Å². The van der Waals surface area contributed by atoms with Crippen molar-refractivity contribution in [2.75, 3.05) is 29.9 Å². The smallest absolute Gasteiger partial charge is 0.275 e. The van der Waals surface area contributed by atoms with E-state index >= 15 is 0 Å². The Bertz CT molecular complexity index is 978. The second-order valence-corrected chi connectivity index (χ2v) is 6.49. The first-order valence-electron chi connectivity index (χ1n) is 8.77. The Morgan fingerprint density at radius 1 is 1.30 bits per heavy atom. The third-order valence-electron chi connectivity index (χ3n) is 4.58. The maximum Gasteiger partial charge on any atom is 0.275 e. The number of pyridine rings is 1. The van der Waals surface area contributed by atoms with E-state index in [2.05, 4.69) is 37.4 Å². The summed E-state index contributed by atoms with van der Waals surface area (Å²) < 4.78 is 13.8. The van der Waals surface area contributed by atoms with Gasteiger partial charge in [0.15, 0.2) is 0 Å². The van der Waals surface area contributed by atoms with E-state index < -0.39 is 11.7 Å². The summed E-state index contributed by atoms with van der Waals surface area (Å²) in [7, 11) is 0. The summed E-state index contributed by atoms with van der Waals surface area (Å²) in [6, 6.07) is 6.38. The summed E-state index contributed by atoms with van der Waals surface area (Å²) in [6.07, 6.45) is 4.63. The van der Waals surface area contributed by atoms with Crippen LogP contribution in [0.3, 0.4) is 0 Å². The third-order valence-corrected chi connectivity index (χ3v) is 4.58. The minimum Gasteiger partial charge on any atom is -0.350 e. The maximum absolute atomic E-state index is 13.8. The largest absolute Gasteiger partial charge is 0.350 e. The van der Waals surface area contributed by atoms with E-state index in [1.807, 2.05) is 0 Å². The average Bonchev–Trinajstić information content (AvgIpc) is 2.68. The van der Waals surface area contributed by atoms with Gasteiger partial charge in [-0.1, -0.05) is 6.07 Å². The highest BCUT2D eigenvalue weighted by molar-refractivity contribution is 6.07. The van der Waals surface area contributed by atoms with Gasteiger partial charge in [0.25, 0.3) is 5.91 Å². The molecule has 27 heavy (non-hydrogen) atoms. The Morgan fingerprint density at radius 2 is 2.19 bits per heavy atom. The minimum atomic E-state index is -0.458. The molecule has 0 saturated carbocycles. The van der Waals surface area contributed by atoms with Crippen LogP contribution in [-0.4, -0.2) is 46.5 Å². The van der Waals surface area contributed by atoms with Crippen LogP contribution in [0.1, 0.15) is 17.4 Å². The van der Waals surface area contributed by atoms with E-state index in [9.17, 15) is 9.18 Å². The summed E-state index contributed by atoms with van der Waals surface area (Å²) in [5, 5.41) is 6.61. The van der Waals surface area contributed by atoms with Gasteiger partial charge >= 0.3 is 0 Å². The van der Waals surface area contributed by atoms with Crippen molar-refractivity contribution < 1.29 is 9.18 Å². The van der Waals surface area contributed by atoms with Crippen molar-refractivity contribution in [3.05, 3.63) is 54.4 Å². The van der Waals surface area contributed by atoms with Crippen molar-refractivity contribution in [1.82, 2.24) is 20.3 Å². The van der Waals surface area contributed by atoms with Crippen molar-refractivity contribution in [3.8, 4) is 0 Å². The molecule has 1 aliphatic heterocycles. The number of carbonyl (C=O) groups excluding carboxylic acids is 1. The molecule has 1 aliphatic rings. The second-order valence-electron chi connectivity index (χ2n) is 6.49. The zero-order valence-corrected chi connectivity index (χ0v) is 14.8. The average molecular weight is 366 g/mol. The zero-order valence-electron chi connectivity index (χ0n) is 14.8. The lowest BCUT2D eigenvalue weighted by Gasteiger charge is -2.34. The van der Waals surface area contributed by atoms with Crippen molar-refractivity contribution in [2.24, 2.45) is 0 Å². The number of carbonyl (C=O) groups is 1. The van der Waals surface area contributed by atoms with Crippen LogP contribution in [0, 0.1) is 5.82 Å². The highest BCUT2D eigenvalue weighted by Gasteiger charge is 2.20. The topological polar surface area (TPSA) is 83.0 Å². The number of hydrogen-bond donors (Lipinski definition) is 2. The second kappa shape index (κ2) is 7.24. The van der Waals surface area contributed by atoms with Crippen LogP contribution in [-0.2, 0) is 0 Å². The number of anilines is 2. The summed E-state index contributed by atoms with van der Waals surface area (Å²) >= 11 is 0. The van der Waals surface area contributed by atoms with Crippen LogP contribution in [0.25, 0.3) is 10.9 Å². The van der Waals surface area contributed by atoms with Crippen LogP contribution in [0.5, 0.6) is 0 Å². The first-order chi connectivity index (χ1) is 13.1. The SMILES string of the molecule is CC1CNCCN1c1cnc(C(=O)Nc2cc(F)cc3cccnc23)cn1. The molecule has 2 N–H and O–H groups in total. The first kappa shape index (κ1) is 17.3. The molecule has 1 saturated heterocycles. The molecule has 0 spiro atoms. The molecule has 0 bridgehead atoms. The molecule has 1 aromatic carbocycles. The molecule has 1 fully saturated rings. The Labute approximate surface area is 155 Å². The lowest BCUT2D eigenvalue weighted by molar-refractivity contribution is 0.102. The Hall–Kier alpha value is -3.13. The molecular formula is C19H19FN6O. The number of halogens is 1. The molecule has 2 aromatic heterocycles. The van der Waals surface area contributed by atoms with Gasteiger partial charge in [0.05, 0.1) is 23.6 Å². The monoisotopic (exact) mass is 366 g/mol. The van der Waals surface area contributed by atoms with Crippen LogP contribution in [0.2, 0.25) is 0 Å². The number of rotatable bonds is 3.